The highest BCUT2D eigenvalue weighted by Gasteiger charge is 2.57. The van der Waals surface area contributed by atoms with Gasteiger partial charge < -0.3 is 20.5 Å². The molecular weight excluding hydrogens is 495 g/mol. The summed E-state index contributed by atoms with van der Waals surface area (Å²) in [4.78, 5) is 21.0. The summed E-state index contributed by atoms with van der Waals surface area (Å²) in [6.45, 7) is 0.908. The standard InChI is InChI=1S/C22H21F5N4O3S/c1-20-8-33-9-21(20,31-19(28)35-11-20)14-6-12(2-4-15(14)23)30-17(32)16-5-3-13(7-29-16)34-10-22(26,27)18(24)25/h2-7,18H,8-11H2,1H3,(H2,28,31)(H,30,32). The third-order valence-electron chi connectivity index (χ3n) is 5.96. The Balaban J connectivity index is 1.51. The first kappa shape index (κ1) is 25.2. The highest BCUT2D eigenvalue weighted by molar-refractivity contribution is 8.13. The Morgan fingerprint density at radius 1 is 1.31 bits per heavy atom. The van der Waals surface area contributed by atoms with Crippen LogP contribution in [-0.4, -0.2) is 54.0 Å². The van der Waals surface area contributed by atoms with E-state index in [1.165, 1.54) is 36.0 Å². The minimum Gasteiger partial charge on any atom is -0.485 e. The topological polar surface area (TPSA) is 98.8 Å². The number of amidine groups is 1. The first-order valence-corrected chi connectivity index (χ1v) is 11.4. The summed E-state index contributed by atoms with van der Waals surface area (Å²) in [5.41, 5.74) is 4.79. The van der Waals surface area contributed by atoms with E-state index in [0.29, 0.717) is 17.5 Å². The molecule has 1 aromatic heterocycles. The maximum atomic E-state index is 15.0. The maximum absolute atomic E-state index is 15.0. The number of thioether (sulfide) groups is 1. The number of nitrogens with zero attached hydrogens (tertiary/aromatic N) is 2. The van der Waals surface area contributed by atoms with Gasteiger partial charge in [-0.2, -0.15) is 8.78 Å². The van der Waals surface area contributed by atoms with E-state index in [2.05, 4.69) is 20.0 Å². The van der Waals surface area contributed by atoms with Crippen LogP contribution in [-0.2, 0) is 10.3 Å². The van der Waals surface area contributed by atoms with Crippen molar-refractivity contribution in [2.24, 2.45) is 16.1 Å². The van der Waals surface area contributed by atoms with Gasteiger partial charge in [0.2, 0.25) is 0 Å². The minimum absolute atomic E-state index is 0.104. The summed E-state index contributed by atoms with van der Waals surface area (Å²) >= 11 is 1.37. The van der Waals surface area contributed by atoms with E-state index in [1.807, 2.05) is 6.92 Å². The molecule has 0 radical (unpaired) electrons. The number of aliphatic imine (C=N–C) groups is 1. The number of aromatic nitrogens is 1. The zero-order valence-corrected chi connectivity index (χ0v) is 19.2. The Hall–Kier alpha value is -2.93. The Kier molecular flexibility index (Phi) is 6.66. The van der Waals surface area contributed by atoms with E-state index in [-0.39, 0.29) is 29.3 Å². The van der Waals surface area contributed by atoms with E-state index in [4.69, 9.17) is 10.5 Å². The smallest absolute Gasteiger partial charge is 0.340 e. The number of ether oxygens (including phenoxy) is 2. The molecule has 2 aliphatic heterocycles. The van der Waals surface area contributed by atoms with Gasteiger partial charge in [-0.05, 0) is 30.3 Å². The fourth-order valence-electron chi connectivity index (χ4n) is 3.92. The molecule has 1 amide bonds. The van der Waals surface area contributed by atoms with Gasteiger partial charge in [0, 0.05) is 22.4 Å². The van der Waals surface area contributed by atoms with Crippen LogP contribution in [0.5, 0.6) is 5.75 Å². The predicted molar refractivity (Wildman–Crippen MR) is 120 cm³/mol. The lowest BCUT2D eigenvalue weighted by molar-refractivity contribution is -0.148. The van der Waals surface area contributed by atoms with E-state index < -0.39 is 41.6 Å². The van der Waals surface area contributed by atoms with Crippen molar-refractivity contribution in [3.8, 4) is 5.75 Å². The number of pyridine rings is 1. The van der Waals surface area contributed by atoms with Crippen molar-refractivity contribution in [1.29, 1.82) is 0 Å². The molecule has 2 aromatic rings. The number of nitrogens with one attached hydrogen (secondary N) is 1. The molecule has 1 saturated heterocycles. The molecule has 1 fully saturated rings. The summed E-state index contributed by atoms with van der Waals surface area (Å²) in [6, 6.07) is 6.38. The van der Waals surface area contributed by atoms with Gasteiger partial charge in [-0.25, -0.2) is 23.1 Å². The van der Waals surface area contributed by atoms with E-state index >= 15 is 0 Å². The fourth-order valence-corrected chi connectivity index (χ4v) is 4.93. The van der Waals surface area contributed by atoms with Crippen LogP contribution in [0.2, 0.25) is 0 Å². The number of halogens is 5. The van der Waals surface area contributed by atoms with Crippen LogP contribution in [0, 0.1) is 11.2 Å². The normalized spacial score (nSPS) is 24.1. The molecule has 2 aliphatic rings. The van der Waals surface area contributed by atoms with Gasteiger partial charge in [0.25, 0.3) is 5.91 Å². The van der Waals surface area contributed by atoms with Crippen LogP contribution in [0.25, 0.3) is 0 Å². The molecule has 3 N–H and O–H groups in total. The molecule has 35 heavy (non-hydrogen) atoms. The molecule has 188 valence electrons. The molecule has 2 atom stereocenters. The summed E-state index contributed by atoms with van der Waals surface area (Å²) in [5, 5.41) is 2.92. The monoisotopic (exact) mass is 516 g/mol. The summed E-state index contributed by atoms with van der Waals surface area (Å²) in [5.74, 6) is -5.14. The molecule has 0 aliphatic carbocycles. The van der Waals surface area contributed by atoms with Crippen LogP contribution in [0.3, 0.4) is 0 Å². The number of fused-ring (bicyclic) bond motifs is 1. The minimum atomic E-state index is -4.32. The Morgan fingerprint density at radius 3 is 2.77 bits per heavy atom. The number of hydrogen-bond acceptors (Lipinski definition) is 7. The number of nitrogens with two attached hydrogens (primary N) is 1. The lowest BCUT2D eigenvalue weighted by atomic mass is 9.70. The molecular formula is C22H21F5N4O3S. The van der Waals surface area contributed by atoms with Gasteiger partial charge in [-0.15, -0.1) is 0 Å². The van der Waals surface area contributed by atoms with Crippen LogP contribution >= 0.6 is 11.8 Å². The fraction of sp³-hybridized carbons (Fsp3) is 0.409. The van der Waals surface area contributed by atoms with Crippen molar-refractivity contribution in [3.05, 3.63) is 53.6 Å². The second-order valence-corrected chi connectivity index (χ2v) is 9.53. The molecule has 0 saturated carbocycles. The van der Waals surface area contributed by atoms with Crippen LogP contribution in [0.4, 0.5) is 27.6 Å². The lowest BCUT2D eigenvalue weighted by Gasteiger charge is -2.42. The molecule has 2 unspecified atom stereocenters. The predicted octanol–water partition coefficient (Wildman–Crippen LogP) is 4.05. The van der Waals surface area contributed by atoms with E-state index in [0.717, 1.165) is 12.3 Å². The average Bonchev–Trinajstić information content (AvgIpc) is 3.16. The van der Waals surface area contributed by atoms with Crippen molar-refractivity contribution in [1.82, 2.24) is 4.98 Å². The number of carbonyl (C=O) groups excluding carboxylic acids is 1. The van der Waals surface area contributed by atoms with Gasteiger partial charge in [0.1, 0.15) is 22.8 Å². The van der Waals surface area contributed by atoms with Crippen LogP contribution in [0.15, 0.2) is 41.5 Å². The quantitative estimate of drug-likeness (QED) is 0.539. The highest BCUT2D eigenvalue weighted by atomic mass is 32.2. The van der Waals surface area contributed by atoms with E-state index in [9.17, 15) is 26.7 Å². The molecule has 4 rings (SSSR count). The highest BCUT2D eigenvalue weighted by Crippen LogP contribution is 2.53. The molecule has 0 spiro atoms. The third kappa shape index (κ3) is 4.79. The first-order valence-electron chi connectivity index (χ1n) is 10.4. The average molecular weight is 516 g/mol. The van der Waals surface area contributed by atoms with Crippen molar-refractivity contribution in [3.63, 3.8) is 0 Å². The Bertz CT molecular complexity index is 1150. The summed E-state index contributed by atoms with van der Waals surface area (Å²) < 4.78 is 75.7. The van der Waals surface area contributed by atoms with Crippen LogP contribution in [0.1, 0.15) is 23.0 Å². The van der Waals surface area contributed by atoms with Crippen molar-refractivity contribution < 1.29 is 36.2 Å². The third-order valence-corrected chi connectivity index (χ3v) is 7.13. The number of benzene rings is 1. The number of alkyl halides is 4. The molecule has 0 bridgehead atoms. The number of rotatable bonds is 7. The van der Waals surface area contributed by atoms with Gasteiger partial charge in [0.05, 0.1) is 19.4 Å². The van der Waals surface area contributed by atoms with Gasteiger partial charge in [0.15, 0.2) is 11.8 Å². The SMILES string of the molecule is CC12COCC1(c1cc(NC(=O)c3ccc(OCC(F)(F)C(F)F)cn3)ccc1F)N=C(N)SC2. The number of amides is 1. The lowest BCUT2D eigenvalue weighted by Crippen LogP contribution is -2.48. The van der Waals surface area contributed by atoms with Gasteiger partial charge >= 0.3 is 12.3 Å². The number of hydrogen-bond donors (Lipinski definition) is 2. The number of carbonyl (C=O) groups is 1. The molecule has 1 aromatic carbocycles. The van der Waals surface area contributed by atoms with Crippen LogP contribution < -0.4 is 15.8 Å². The maximum Gasteiger partial charge on any atom is 0.340 e. The Morgan fingerprint density at radius 2 is 2.09 bits per heavy atom. The summed E-state index contributed by atoms with van der Waals surface area (Å²) in [6.07, 6.45) is -2.91. The zero-order chi connectivity index (χ0) is 25.4. The largest absolute Gasteiger partial charge is 0.485 e. The Labute approximate surface area is 201 Å². The van der Waals surface area contributed by atoms with Crippen molar-refractivity contribution in [2.75, 3.05) is 30.9 Å². The summed E-state index contributed by atoms with van der Waals surface area (Å²) in [7, 11) is 0. The van der Waals surface area contributed by atoms with Gasteiger partial charge in [-0.1, -0.05) is 18.7 Å². The van der Waals surface area contributed by atoms with Crippen molar-refractivity contribution >= 4 is 28.5 Å². The van der Waals surface area contributed by atoms with Gasteiger partial charge in [-0.3, -0.25) is 4.79 Å². The number of anilines is 1. The second-order valence-electron chi connectivity index (χ2n) is 8.53. The second kappa shape index (κ2) is 9.26. The molecule has 13 heteroatoms. The zero-order valence-electron chi connectivity index (χ0n) is 18.4. The first-order chi connectivity index (χ1) is 16.5. The van der Waals surface area contributed by atoms with E-state index in [1.54, 1.807) is 0 Å². The molecule has 7 nitrogen and oxygen atoms in total. The van der Waals surface area contributed by atoms with Crippen molar-refractivity contribution in [2.45, 2.75) is 24.8 Å². The molecule has 3 heterocycles.